The van der Waals surface area contributed by atoms with Gasteiger partial charge in [-0.3, -0.25) is 0 Å². The fourth-order valence-corrected chi connectivity index (χ4v) is 7.00. The van der Waals surface area contributed by atoms with Crippen molar-refractivity contribution < 1.29 is 4.42 Å². The monoisotopic (exact) mass is 555 g/mol. The number of rotatable bonds is 6. The van der Waals surface area contributed by atoms with Crippen LogP contribution in [0.15, 0.2) is 132 Å². The Balaban J connectivity index is 1.33. The number of aryl methyl sites for hydroxylation is 1. The molecule has 0 aliphatic carbocycles. The zero-order valence-corrected chi connectivity index (χ0v) is 24.6. The number of fused-ring (bicyclic) bond motifs is 6. The van der Waals surface area contributed by atoms with E-state index in [-0.39, 0.29) is 0 Å². The average molecular weight is 556 g/mol. The Bertz CT molecular complexity index is 2230. The van der Waals surface area contributed by atoms with Crippen LogP contribution in [-0.2, 0) is 12.8 Å². The van der Waals surface area contributed by atoms with E-state index in [4.69, 9.17) is 4.42 Å². The molecule has 0 saturated heterocycles. The van der Waals surface area contributed by atoms with Crippen LogP contribution in [0, 0.1) is 6.92 Å². The molecule has 0 aliphatic heterocycles. The third-order valence-corrected chi connectivity index (χ3v) is 8.94. The van der Waals surface area contributed by atoms with Crippen LogP contribution in [0.5, 0.6) is 0 Å². The van der Waals surface area contributed by atoms with Gasteiger partial charge in [-0.25, -0.2) is 0 Å². The predicted octanol–water partition coefficient (Wildman–Crippen LogP) is 11.2. The summed E-state index contributed by atoms with van der Waals surface area (Å²) in [5.74, 6) is 0. The highest BCUT2D eigenvalue weighted by molar-refractivity contribution is 6.13. The zero-order chi connectivity index (χ0) is 28.9. The molecule has 0 radical (unpaired) electrons. The van der Waals surface area contributed by atoms with Crippen LogP contribution in [0.1, 0.15) is 35.6 Å². The van der Waals surface area contributed by atoms with Crippen LogP contribution in [0.25, 0.3) is 60.6 Å². The van der Waals surface area contributed by atoms with Gasteiger partial charge in [0.1, 0.15) is 5.58 Å². The highest BCUT2D eigenvalue weighted by Gasteiger charge is 2.19. The summed E-state index contributed by atoms with van der Waals surface area (Å²) in [7, 11) is 0. The van der Waals surface area contributed by atoms with E-state index < -0.39 is 0 Å². The lowest BCUT2D eigenvalue weighted by molar-refractivity contribution is 0.666. The highest BCUT2D eigenvalue weighted by Crippen LogP contribution is 2.40. The van der Waals surface area contributed by atoms with Gasteiger partial charge >= 0.3 is 0 Å². The Hall–Kier alpha value is -5.08. The summed E-state index contributed by atoms with van der Waals surface area (Å²) in [5, 5.41) is 4.82. The van der Waals surface area contributed by atoms with E-state index in [0.29, 0.717) is 0 Å². The molecule has 0 unspecified atom stereocenters. The zero-order valence-electron chi connectivity index (χ0n) is 24.6. The van der Waals surface area contributed by atoms with E-state index in [1.807, 2.05) is 0 Å². The van der Waals surface area contributed by atoms with Gasteiger partial charge in [-0.2, -0.15) is 0 Å². The molecular weight excluding hydrogens is 522 g/mol. The van der Waals surface area contributed by atoms with Gasteiger partial charge in [-0.15, -0.1) is 0 Å². The quantitative estimate of drug-likeness (QED) is 0.200. The third-order valence-electron chi connectivity index (χ3n) is 8.94. The summed E-state index contributed by atoms with van der Waals surface area (Å²) < 4.78 is 9.18. The minimum Gasteiger partial charge on any atom is -0.454 e. The van der Waals surface area contributed by atoms with Crippen LogP contribution in [0.4, 0.5) is 0 Å². The highest BCUT2D eigenvalue weighted by atomic mass is 16.3. The minimum atomic E-state index is 0.923. The fraction of sp³-hybridized carbons (Fsp3) is 0.122. The smallest absolute Gasteiger partial charge is 0.159 e. The fourth-order valence-electron chi connectivity index (χ4n) is 7.00. The molecule has 8 aromatic rings. The summed E-state index contributed by atoms with van der Waals surface area (Å²) in [4.78, 5) is 0. The second-order valence-electron chi connectivity index (χ2n) is 11.6. The van der Waals surface area contributed by atoms with Crippen molar-refractivity contribution in [1.82, 2.24) is 4.57 Å². The maximum absolute atomic E-state index is 6.83. The standard InChI is InChI=1S/C41H33NO/c1-3-13-30-29(25-28-14-5-4-6-15-28)16-11-19-31(30)35-26-40-36(24-27(35)2)34-20-12-23-39(41(34)43-40)42-37-21-9-7-17-32(37)33-18-8-10-22-38(33)42/h4-12,14-24,26H,3,13,25H2,1-2H3. The summed E-state index contributed by atoms with van der Waals surface area (Å²) >= 11 is 0. The molecule has 0 N–H and O–H groups in total. The van der Waals surface area contributed by atoms with Gasteiger partial charge in [0, 0.05) is 21.5 Å². The normalized spacial score (nSPS) is 11.8. The van der Waals surface area contributed by atoms with Crippen LogP contribution < -0.4 is 0 Å². The van der Waals surface area contributed by atoms with Crippen molar-refractivity contribution in [2.45, 2.75) is 33.1 Å². The summed E-state index contributed by atoms with van der Waals surface area (Å²) in [6, 6.07) is 46.1. The molecule has 2 aromatic heterocycles. The number of para-hydroxylation sites is 3. The van der Waals surface area contributed by atoms with E-state index >= 15 is 0 Å². The first-order valence-electron chi connectivity index (χ1n) is 15.3. The second-order valence-corrected chi connectivity index (χ2v) is 11.6. The van der Waals surface area contributed by atoms with Gasteiger partial charge in [0.05, 0.1) is 16.7 Å². The molecule has 0 atom stereocenters. The number of hydrogen-bond donors (Lipinski definition) is 0. The maximum atomic E-state index is 6.83. The molecule has 0 amide bonds. The molecule has 0 saturated carbocycles. The molecular formula is C41H33NO. The van der Waals surface area contributed by atoms with Gasteiger partial charge in [-0.05, 0) is 83.5 Å². The van der Waals surface area contributed by atoms with E-state index in [1.54, 1.807) is 0 Å². The van der Waals surface area contributed by atoms with E-state index in [9.17, 15) is 0 Å². The number of aromatic nitrogens is 1. The van der Waals surface area contributed by atoms with Crippen molar-refractivity contribution in [1.29, 1.82) is 0 Å². The largest absolute Gasteiger partial charge is 0.454 e. The van der Waals surface area contributed by atoms with Gasteiger partial charge in [0.25, 0.3) is 0 Å². The minimum absolute atomic E-state index is 0.923. The Kier molecular flexibility index (Phi) is 6.15. The summed E-state index contributed by atoms with van der Waals surface area (Å²) in [5.41, 5.74) is 13.3. The maximum Gasteiger partial charge on any atom is 0.159 e. The Morgan fingerprint density at radius 3 is 2.02 bits per heavy atom. The number of hydrogen-bond acceptors (Lipinski definition) is 1. The van der Waals surface area contributed by atoms with Crippen LogP contribution >= 0.6 is 0 Å². The molecule has 2 heterocycles. The van der Waals surface area contributed by atoms with Gasteiger partial charge in [-0.1, -0.05) is 110 Å². The van der Waals surface area contributed by atoms with Crippen LogP contribution in [0.2, 0.25) is 0 Å². The molecule has 8 rings (SSSR count). The van der Waals surface area contributed by atoms with Crippen molar-refractivity contribution >= 4 is 43.7 Å². The molecule has 6 aromatic carbocycles. The van der Waals surface area contributed by atoms with Gasteiger partial charge in [0.2, 0.25) is 0 Å². The van der Waals surface area contributed by atoms with E-state index in [2.05, 4.69) is 146 Å². The van der Waals surface area contributed by atoms with Crippen LogP contribution in [0.3, 0.4) is 0 Å². The Labute approximate surface area is 251 Å². The first-order chi connectivity index (χ1) is 21.2. The molecule has 43 heavy (non-hydrogen) atoms. The molecule has 208 valence electrons. The SMILES string of the molecule is CCCc1c(Cc2ccccc2)cccc1-c1cc2oc3c(-n4c5ccccc5c5ccccc54)cccc3c2cc1C. The van der Waals surface area contributed by atoms with Gasteiger partial charge < -0.3 is 8.98 Å². The molecule has 0 bridgehead atoms. The molecule has 2 heteroatoms. The average Bonchev–Trinajstić information content (AvgIpc) is 3.57. The topological polar surface area (TPSA) is 18.1 Å². The lowest BCUT2D eigenvalue weighted by atomic mass is 9.88. The van der Waals surface area contributed by atoms with E-state index in [1.165, 1.54) is 55.2 Å². The van der Waals surface area contributed by atoms with Gasteiger partial charge in [0.15, 0.2) is 5.58 Å². The number of furan rings is 1. The number of benzene rings is 6. The number of nitrogens with zero attached hydrogens (tertiary/aromatic N) is 1. The Morgan fingerprint density at radius 1 is 0.605 bits per heavy atom. The third kappa shape index (κ3) is 4.17. The molecule has 0 aliphatic rings. The molecule has 0 spiro atoms. The van der Waals surface area contributed by atoms with Crippen molar-refractivity contribution in [2.75, 3.05) is 0 Å². The van der Waals surface area contributed by atoms with Crippen molar-refractivity contribution in [2.24, 2.45) is 0 Å². The summed E-state index contributed by atoms with van der Waals surface area (Å²) in [6.07, 6.45) is 3.10. The van der Waals surface area contributed by atoms with Crippen molar-refractivity contribution in [3.63, 3.8) is 0 Å². The summed E-state index contributed by atoms with van der Waals surface area (Å²) in [6.45, 7) is 4.51. The van der Waals surface area contributed by atoms with Crippen molar-refractivity contribution in [3.05, 3.63) is 150 Å². The molecule has 0 fully saturated rings. The second kappa shape index (κ2) is 10.3. The first-order valence-corrected chi connectivity index (χ1v) is 15.3. The lowest BCUT2D eigenvalue weighted by Crippen LogP contribution is -1.99. The lowest BCUT2D eigenvalue weighted by Gasteiger charge is -2.17. The van der Waals surface area contributed by atoms with E-state index in [0.717, 1.165) is 46.9 Å². The predicted molar refractivity (Wildman–Crippen MR) is 181 cm³/mol. The molecule has 2 nitrogen and oxygen atoms in total. The first kappa shape index (κ1) is 25.6. The Morgan fingerprint density at radius 2 is 1.28 bits per heavy atom. The van der Waals surface area contributed by atoms with Crippen molar-refractivity contribution in [3.8, 4) is 16.8 Å². The van der Waals surface area contributed by atoms with Crippen LogP contribution in [-0.4, -0.2) is 4.57 Å².